The van der Waals surface area contributed by atoms with E-state index in [1.54, 1.807) is 24.3 Å². The maximum absolute atomic E-state index is 11.9. The quantitative estimate of drug-likeness (QED) is 0.589. The lowest BCUT2D eigenvalue weighted by atomic mass is 10.2. The van der Waals surface area contributed by atoms with Crippen LogP contribution < -0.4 is 4.90 Å². The molecule has 2 heterocycles. The van der Waals surface area contributed by atoms with Crippen LogP contribution in [-0.4, -0.2) is 40.4 Å². The highest BCUT2D eigenvalue weighted by Crippen LogP contribution is 2.31. The Morgan fingerprint density at radius 2 is 2.04 bits per heavy atom. The van der Waals surface area contributed by atoms with E-state index in [2.05, 4.69) is 36.0 Å². The van der Waals surface area contributed by atoms with Gasteiger partial charge in [0.25, 0.3) is 0 Å². The summed E-state index contributed by atoms with van der Waals surface area (Å²) in [7, 11) is 0. The number of aromatic nitrogens is 3. The highest BCUT2D eigenvalue weighted by atomic mass is 32.1. The molecule has 0 unspecified atom stereocenters. The van der Waals surface area contributed by atoms with Crippen LogP contribution in [0, 0.1) is 6.92 Å². The molecule has 3 aromatic rings. The molecule has 138 valence electrons. The number of aryl methyl sites for hydroxylation is 1. The Balaban J connectivity index is 1.93. The summed E-state index contributed by atoms with van der Waals surface area (Å²) in [4.78, 5) is 19.0. The van der Waals surface area contributed by atoms with E-state index in [0.29, 0.717) is 18.8 Å². The lowest BCUT2D eigenvalue weighted by molar-refractivity contribution is 0.0518. The number of esters is 1. The third kappa shape index (κ3) is 3.58. The van der Waals surface area contributed by atoms with Crippen LogP contribution in [0.3, 0.4) is 0 Å². The van der Waals surface area contributed by atoms with Crippen LogP contribution >= 0.6 is 11.3 Å². The number of thiazole rings is 1. The summed E-state index contributed by atoms with van der Waals surface area (Å²) in [5.41, 5.74) is 3.37. The summed E-state index contributed by atoms with van der Waals surface area (Å²) in [5, 5.41) is 5.46. The van der Waals surface area contributed by atoms with Gasteiger partial charge in [-0.1, -0.05) is 23.5 Å². The topological polar surface area (TPSA) is 60.2 Å². The van der Waals surface area contributed by atoms with E-state index in [0.717, 1.165) is 35.0 Å². The average molecular weight is 372 g/mol. The highest BCUT2D eigenvalue weighted by molar-refractivity contribution is 7.22. The monoisotopic (exact) mass is 372 g/mol. The third-order valence-electron chi connectivity index (χ3n) is 4.31. The summed E-state index contributed by atoms with van der Waals surface area (Å²) >= 11 is 1.71. The van der Waals surface area contributed by atoms with Crippen molar-refractivity contribution in [3.05, 3.63) is 41.2 Å². The molecular formula is C19H24N4O2S. The number of nitrogens with zero attached hydrogens (tertiary/aromatic N) is 4. The van der Waals surface area contributed by atoms with Crippen LogP contribution in [0.2, 0.25) is 0 Å². The van der Waals surface area contributed by atoms with Crippen molar-refractivity contribution in [2.45, 2.75) is 34.2 Å². The second kappa shape index (κ2) is 7.86. The number of hydrogen-bond donors (Lipinski definition) is 0. The van der Waals surface area contributed by atoms with Gasteiger partial charge in [-0.15, -0.1) is 0 Å². The van der Waals surface area contributed by atoms with Gasteiger partial charge in [0.2, 0.25) is 0 Å². The Labute approximate surface area is 157 Å². The smallest absolute Gasteiger partial charge is 0.358 e. The predicted molar refractivity (Wildman–Crippen MR) is 105 cm³/mol. The van der Waals surface area contributed by atoms with E-state index < -0.39 is 0 Å². The molecule has 0 aliphatic rings. The van der Waals surface area contributed by atoms with Crippen molar-refractivity contribution in [3.8, 4) is 0 Å². The van der Waals surface area contributed by atoms with Crippen molar-refractivity contribution < 1.29 is 9.53 Å². The molecule has 6 nitrogen and oxygen atoms in total. The number of carbonyl (C=O) groups excluding carboxylic acids is 1. The van der Waals surface area contributed by atoms with Crippen molar-refractivity contribution >= 4 is 32.7 Å². The number of fused-ring (bicyclic) bond motifs is 1. The van der Waals surface area contributed by atoms with E-state index in [1.807, 2.05) is 17.7 Å². The molecule has 0 aliphatic carbocycles. The van der Waals surface area contributed by atoms with Crippen molar-refractivity contribution in [3.63, 3.8) is 0 Å². The number of anilines is 1. The summed E-state index contributed by atoms with van der Waals surface area (Å²) in [5.74, 6) is -0.384. The molecule has 0 amide bonds. The van der Waals surface area contributed by atoms with Gasteiger partial charge in [0.15, 0.2) is 10.8 Å². The van der Waals surface area contributed by atoms with Gasteiger partial charge in [-0.2, -0.15) is 5.10 Å². The molecule has 0 spiro atoms. The maximum atomic E-state index is 11.9. The molecule has 0 radical (unpaired) electrons. The molecule has 0 atom stereocenters. The highest BCUT2D eigenvalue weighted by Gasteiger charge is 2.16. The fourth-order valence-electron chi connectivity index (χ4n) is 2.89. The van der Waals surface area contributed by atoms with Crippen molar-refractivity contribution in [1.82, 2.24) is 14.8 Å². The number of benzene rings is 1. The molecule has 7 heteroatoms. The van der Waals surface area contributed by atoms with Gasteiger partial charge in [0.1, 0.15) is 0 Å². The van der Waals surface area contributed by atoms with Gasteiger partial charge in [-0.25, -0.2) is 9.78 Å². The zero-order valence-electron chi connectivity index (χ0n) is 15.7. The largest absolute Gasteiger partial charge is 0.461 e. The van der Waals surface area contributed by atoms with E-state index >= 15 is 0 Å². The molecule has 3 rings (SSSR count). The Kier molecular flexibility index (Phi) is 5.56. The molecule has 26 heavy (non-hydrogen) atoms. The fraction of sp³-hybridized carbons (Fsp3) is 0.421. The predicted octanol–water partition coefficient (Wildman–Crippen LogP) is 3.87. The van der Waals surface area contributed by atoms with Gasteiger partial charge in [-0.05, 0) is 39.8 Å². The summed E-state index contributed by atoms with van der Waals surface area (Å²) in [6, 6.07) is 7.98. The van der Waals surface area contributed by atoms with E-state index in [9.17, 15) is 4.79 Å². The first kappa shape index (κ1) is 18.4. The molecule has 0 bridgehead atoms. The van der Waals surface area contributed by atoms with Crippen LogP contribution in [0.1, 0.15) is 42.5 Å². The zero-order chi connectivity index (χ0) is 18.7. The molecule has 0 N–H and O–H groups in total. The van der Waals surface area contributed by atoms with Crippen molar-refractivity contribution in [1.29, 1.82) is 0 Å². The molecular weight excluding hydrogens is 348 g/mol. The lowest BCUT2D eigenvalue weighted by Crippen LogP contribution is -2.21. The Morgan fingerprint density at radius 3 is 2.73 bits per heavy atom. The summed E-state index contributed by atoms with van der Waals surface area (Å²) < 4.78 is 8.04. The minimum atomic E-state index is -0.384. The number of para-hydroxylation sites is 1. The fourth-order valence-corrected chi connectivity index (χ4v) is 4.03. The van der Waals surface area contributed by atoms with Crippen LogP contribution in [0.25, 0.3) is 10.2 Å². The Bertz CT molecular complexity index is 912. The zero-order valence-corrected chi connectivity index (χ0v) is 16.5. The maximum Gasteiger partial charge on any atom is 0.358 e. The molecule has 1 aromatic carbocycles. The second-order valence-corrected chi connectivity index (χ2v) is 6.99. The van der Waals surface area contributed by atoms with Gasteiger partial charge < -0.3 is 9.64 Å². The third-order valence-corrected chi connectivity index (χ3v) is 5.39. The van der Waals surface area contributed by atoms with Gasteiger partial charge in [0, 0.05) is 24.3 Å². The molecule has 0 fully saturated rings. The molecule has 0 saturated heterocycles. The summed E-state index contributed by atoms with van der Waals surface area (Å²) in [6.45, 7) is 10.8. The van der Waals surface area contributed by atoms with Crippen LogP contribution in [0.15, 0.2) is 24.3 Å². The van der Waals surface area contributed by atoms with Gasteiger partial charge in [-0.3, -0.25) is 4.68 Å². The molecule has 0 aliphatic heterocycles. The first-order chi connectivity index (χ1) is 12.6. The van der Waals surface area contributed by atoms with E-state index in [1.165, 1.54) is 4.70 Å². The Morgan fingerprint density at radius 1 is 1.27 bits per heavy atom. The van der Waals surface area contributed by atoms with E-state index in [-0.39, 0.29) is 5.97 Å². The first-order valence-corrected chi connectivity index (χ1v) is 9.73. The number of rotatable bonds is 7. The van der Waals surface area contributed by atoms with Crippen LogP contribution in [-0.2, 0) is 11.3 Å². The SMILES string of the molecule is CCOC(=O)c1cc(C)n(Cc2cccc3sc(N(CC)CC)nc23)n1. The van der Waals surface area contributed by atoms with Crippen LogP contribution in [0.5, 0.6) is 0 Å². The number of hydrogen-bond acceptors (Lipinski definition) is 6. The first-order valence-electron chi connectivity index (χ1n) is 8.92. The Hall–Kier alpha value is -2.41. The van der Waals surface area contributed by atoms with Crippen molar-refractivity contribution in [2.75, 3.05) is 24.6 Å². The lowest BCUT2D eigenvalue weighted by Gasteiger charge is -2.16. The molecule has 2 aromatic heterocycles. The molecule has 0 saturated carbocycles. The van der Waals surface area contributed by atoms with E-state index in [4.69, 9.17) is 9.72 Å². The average Bonchev–Trinajstić information content (AvgIpc) is 3.21. The number of carbonyl (C=O) groups is 1. The van der Waals surface area contributed by atoms with Gasteiger partial charge >= 0.3 is 5.97 Å². The second-order valence-electron chi connectivity index (χ2n) is 5.98. The van der Waals surface area contributed by atoms with Gasteiger partial charge in [0.05, 0.1) is 23.4 Å². The minimum Gasteiger partial charge on any atom is -0.461 e. The van der Waals surface area contributed by atoms with Crippen LogP contribution in [0.4, 0.5) is 5.13 Å². The standard InChI is InChI=1S/C19H24N4O2S/c1-5-22(6-2)19-20-17-14(9-8-10-16(17)26-19)12-23-13(4)11-15(21-23)18(24)25-7-3/h8-11H,5-7,12H2,1-4H3. The number of ether oxygens (including phenoxy) is 1. The minimum absolute atomic E-state index is 0.344. The summed E-state index contributed by atoms with van der Waals surface area (Å²) in [6.07, 6.45) is 0. The van der Waals surface area contributed by atoms with Crippen molar-refractivity contribution in [2.24, 2.45) is 0 Å². The normalized spacial score (nSPS) is 11.1.